The van der Waals surface area contributed by atoms with Crippen molar-refractivity contribution in [2.45, 2.75) is 13.5 Å². The highest BCUT2D eigenvalue weighted by molar-refractivity contribution is 6.32. The number of hydrogen-bond acceptors (Lipinski definition) is 3. The summed E-state index contributed by atoms with van der Waals surface area (Å²) in [6.07, 6.45) is 0. The van der Waals surface area contributed by atoms with E-state index in [9.17, 15) is 13.6 Å². The molecular formula is C16H14ClF2NO3. The second-order valence-corrected chi connectivity index (χ2v) is 4.81. The molecule has 0 bridgehead atoms. The summed E-state index contributed by atoms with van der Waals surface area (Å²) in [6.45, 7) is -0.714. The summed E-state index contributed by atoms with van der Waals surface area (Å²) in [6, 6.07) is 10.5. The molecule has 0 unspecified atom stereocenters. The lowest BCUT2D eigenvalue weighted by atomic mass is 10.2. The molecule has 0 heterocycles. The van der Waals surface area contributed by atoms with Crippen LogP contribution in [0.4, 0.5) is 14.5 Å². The van der Waals surface area contributed by atoms with Crippen LogP contribution in [-0.2, 0) is 0 Å². The Hall–Kier alpha value is -2.34. The molecule has 2 aromatic carbocycles. The largest absolute Gasteiger partial charge is 0.492 e. The number of amides is 1. The fourth-order valence-electron chi connectivity index (χ4n) is 1.88. The molecular weight excluding hydrogens is 328 g/mol. The molecule has 0 saturated carbocycles. The van der Waals surface area contributed by atoms with Crippen molar-refractivity contribution < 1.29 is 23.0 Å². The summed E-state index contributed by atoms with van der Waals surface area (Å²) >= 11 is 6.03. The van der Waals surface area contributed by atoms with Gasteiger partial charge in [0.15, 0.2) is 0 Å². The quantitative estimate of drug-likeness (QED) is 0.835. The predicted molar refractivity (Wildman–Crippen MR) is 83.6 cm³/mol. The second kappa shape index (κ2) is 7.78. The van der Waals surface area contributed by atoms with Crippen LogP contribution in [0.3, 0.4) is 0 Å². The van der Waals surface area contributed by atoms with Crippen molar-refractivity contribution in [3.8, 4) is 11.5 Å². The lowest BCUT2D eigenvalue weighted by Crippen LogP contribution is -2.14. The minimum Gasteiger partial charge on any atom is -0.492 e. The second-order valence-electron chi connectivity index (χ2n) is 4.41. The molecule has 0 aromatic heterocycles. The van der Waals surface area contributed by atoms with Crippen LogP contribution in [0, 0.1) is 0 Å². The maximum atomic E-state index is 12.4. The Labute approximate surface area is 137 Å². The van der Waals surface area contributed by atoms with E-state index in [2.05, 4.69) is 10.1 Å². The van der Waals surface area contributed by atoms with E-state index >= 15 is 0 Å². The topological polar surface area (TPSA) is 47.6 Å². The SMILES string of the molecule is CCOc1ccc(C(=O)Nc2ccccc2OC(F)F)cc1Cl. The maximum Gasteiger partial charge on any atom is 0.387 e. The van der Waals surface area contributed by atoms with Crippen LogP contribution in [0.2, 0.25) is 5.02 Å². The first-order chi connectivity index (χ1) is 11.0. The molecule has 122 valence electrons. The van der Waals surface area contributed by atoms with Crippen LogP contribution < -0.4 is 14.8 Å². The number of alkyl halides is 2. The Kier molecular flexibility index (Phi) is 5.76. The molecule has 23 heavy (non-hydrogen) atoms. The third-order valence-corrected chi connectivity index (χ3v) is 3.14. The summed E-state index contributed by atoms with van der Waals surface area (Å²) < 4.78 is 34.4. The Bertz CT molecular complexity index is 695. The lowest BCUT2D eigenvalue weighted by Gasteiger charge is -2.12. The number of hydrogen-bond donors (Lipinski definition) is 1. The average molecular weight is 342 g/mol. The first kappa shape index (κ1) is 17.0. The zero-order chi connectivity index (χ0) is 16.8. The molecule has 0 aliphatic carbocycles. The van der Waals surface area contributed by atoms with Crippen molar-refractivity contribution in [2.24, 2.45) is 0 Å². The summed E-state index contributed by atoms with van der Waals surface area (Å²) in [5, 5.41) is 2.80. The van der Waals surface area contributed by atoms with E-state index in [0.717, 1.165) is 0 Å². The van der Waals surface area contributed by atoms with Crippen molar-refractivity contribution >= 4 is 23.2 Å². The highest BCUT2D eigenvalue weighted by Gasteiger charge is 2.14. The van der Waals surface area contributed by atoms with Gasteiger partial charge in [0.2, 0.25) is 0 Å². The first-order valence-electron chi connectivity index (χ1n) is 6.78. The first-order valence-corrected chi connectivity index (χ1v) is 7.16. The van der Waals surface area contributed by atoms with Crippen molar-refractivity contribution in [1.29, 1.82) is 0 Å². The van der Waals surface area contributed by atoms with Crippen molar-refractivity contribution in [3.05, 3.63) is 53.1 Å². The molecule has 0 spiro atoms. The molecule has 0 atom stereocenters. The van der Waals surface area contributed by atoms with Gasteiger partial charge in [0, 0.05) is 5.56 Å². The minimum absolute atomic E-state index is 0.118. The number of carbonyl (C=O) groups is 1. The smallest absolute Gasteiger partial charge is 0.387 e. The number of para-hydroxylation sites is 2. The van der Waals surface area contributed by atoms with E-state index in [4.69, 9.17) is 16.3 Å². The number of anilines is 1. The van der Waals surface area contributed by atoms with Gasteiger partial charge in [0.05, 0.1) is 17.3 Å². The molecule has 0 aliphatic heterocycles. The summed E-state index contributed by atoms with van der Waals surface area (Å²) in [5.74, 6) is -0.153. The third-order valence-electron chi connectivity index (χ3n) is 2.85. The van der Waals surface area contributed by atoms with Gasteiger partial charge in [0.25, 0.3) is 5.91 Å². The van der Waals surface area contributed by atoms with Crippen molar-refractivity contribution in [2.75, 3.05) is 11.9 Å². The van der Waals surface area contributed by atoms with Crippen LogP contribution in [0.15, 0.2) is 42.5 Å². The Morgan fingerprint density at radius 1 is 1.22 bits per heavy atom. The summed E-state index contributed by atoms with van der Waals surface area (Å²) in [5.41, 5.74) is 0.410. The van der Waals surface area contributed by atoms with E-state index in [1.165, 1.54) is 30.3 Å². The molecule has 1 amide bonds. The summed E-state index contributed by atoms with van der Waals surface area (Å²) in [7, 11) is 0. The molecule has 0 fully saturated rings. The normalized spacial score (nSPS) is 10.5. The van der Waals surface area contributed by atoms with Crippen LogP contribution in [-0.4, -0.2) is 19.1 Å². The van der Waals surface area contributed by atoms with Gasteiger partial charge >= 0.3 is 6.61 Å². The van der Waals surface area contributed by atoms with E-state index in [-0.39, 0.29) is 22.0 Å². The van der Waals surface area contributed by atoms with Crippen LogP contribution >= 0.6 is 11.6 Å². The van der Waals surface area contributed by atoms with E-state index in [1.54, 1.807) is 12.1 Å². The van der Waals surface area contributed by atoms with Crippen molar-refractivity contribution in [3.63, 3.8) is 0 Å². The van der Waals surface area contributed by atoms with Gasteiger partial charge in [-0.1, -0.05) is 23.7 Å². The standard InChI is InChI=1S/C16H14ClF2NO3/c1-2-22-13-8-7-10(9-11(13)17)15(21)20-12-5-3-4-6-14(12)23-16(18)19/h3-9,16H,2H2,1H3,(H,20,21). The van der Waals surface area contributed by atoms with Crippen molar-refractivity contribution in [1.82, 2.24) is 0 Å². The van der Waals surface area contributed by atoms with E-state index in [0.29, 0.717) is 12.4 Å². The molecule has 2 rings (SSSR count). The van der Waals surface area contributed by atoms with Gasteiger partial charge in [-0.15, -0.1) is 0 Å². The molecule has 0 saturated heterocycles. The average Bonchev–Trinajstić information content (AvgIpc) is 2.51. The monoisotopic (exact) mass is 341 g/mol. The highest BCUT2D eigenvalue weighted by Crippen LogP contribution is 2.28. The van der Waals surface area contributed by atoms with Gasteiger partial charge in [-0.2, -0.15) is 8.78 Å². The number of ether oxygens (including phenoxy) is 2. The Balaban J connectivity index is 2.18. The molecule has 7 heteroatoms. The minimum atomic E-state index is -2.98. The Morgan fingerprint density at radius 2 is 1.96 bits per heavy atom. The lowest BCUT2D eigenvalue weighted by molar-refractivity contribution is -0.0493. The van der Waals surface area contributed by atoms with Gasteiger partial charge in [-0.3, -0.25) is 4.79 Å². The number of nitrogens with one attached hydrogen (secondary N) is 1. The van der Waals surface area contributed by atoms with Crippen LogP contribution in [0.25, 0.3) is 0 Å². The fourth-order valence-corrected chi connectivity index (χ4v) is 2.11. The molecule has 2 aromatic rings. The van der Waals surface area contributed by atoms with Crippen LogP contribution in [0.5, 0.6) is 11.5 Å². The van der Waals surface area contributed by atoms with Gasteiger partial charge < -0.3 is 14.8 Å². The van der Waals surface area contributed by atoms with E-state index in [1.807, 2.05) is 6.92 Å². The molecule has 0 radical (unpaired) electrons. The highest BCUT2D eigenvalue weighted by atomic mass is 35.5. The summed E-state index contributed by atoms with van der Waals surface area (Å²) in [4.78, 5) is 12.2. The Morgan fingerprint density at radius 3 is 2.61 bits per heavy atom. The molecule has 4 nitrogen and oxygen atoms in total. The van der Waals surface area contributed by atoms with Gasteiger partial charge in [0.1, 0.15) is 11.5 Å². The number of carbonyl (C=O) groups excluding carboxylic acids is 1. The molecule has 0 aliphatic rings. The fraction of sp³-hybridized carbons (Fsp3) is 0.188. The number of halogens is 3. The predicted octanol–water partition coefficient (Wildman–Crippen LogP) is 4.59. The van der Waals surface area contributed by atoms with Crippen LogP contribution in [0.1, 0.15) is 17.3 Å². The zero-order valence-electron chi connectivity index (χ0n) is 12.2. The third kappa shape index (κ3) is 4.56. The van der Waals surface area contributed by atoms with Gasteiger partial charge in [-0.25, -0.2) is 0 Å². The van der Waals surface area contributed by atoms with E-state index < -0.39 is 12.5 Å². The van der Waals surface area contributed by atoms with Gasteiger partial charge in [-0.05, 0) is 37.3 Å². The molecule has 1 N–H and O–H groups in total. The number of rotatable bonds is 6. The number of benzene rings is 2. The zero-order valence-corrected chi connectivity index (χ0v) is 12.9. The maximum absolute atomic E-state index is 12.4.